The van der Waals surface area contributed by atoms with Gasteiger partial charge >= 0.3 is 0 Å². The molecule has 1 amide bonds. The lowest BCUT2D eigenvalue weighted by atomic mass is 10.1. The van der Waals surface area contributed by atoms with Crippen molar-refractivity contribution in [2.24, 2.45) is 0 Å². The summed E-state index contributed by atoms with van der Waals surface area (Å²) < 4.78 is 0. The first-order valence-corrected chi connectivity index (χ1v) is 7.12. The minimum Gasteiger partial charge on any atom is -0.361 e. The van der Waals surface area contributed by atoms with E-state index in [9.17, 15) is 4.79 Å². The number of amides is 1. The molecule has 2 aromatic rings. The SMILES string of the molecule is O=C(NCCN1CCNCC1)c1cccc2[nH]ccc12. The topological polar surface area (TPSA) is 60.2 Å². The molecule has 20 heavy (non-hydrogen) atoms. The molecule has 0 unspecified atom stereocenters. The zero-order valence-electron chi connectivity index (χ0n) is 11.5. The van der Waals surface area contributed by atoms with Gasteiger partial charge < -0.3 is 15.6 Å². The van der Waals surface area contributed by atoms with Gasteiger partial charge in [-0.1, -0.05) is 6.07 Å². The molecule has 1 saturated heterocycles. The first-order chi connectivity index (χ1) is 9.84. The fourth-order valence-corrected chi connectivity index (χ4v) is 2.64. The molecular formula is C15H20N4O. The average molecular weight is 272 g/mol. The molecule has 5 heteroatoms. The van der Waals surface area contributed by atoms with Crippen molar-refractivity contribution in [2.75, 3.05) is 39.3 Å². The molecule has 0 radical (unpaired) electrons. The Bertz CT molecular complexity index is 586. The third kappa shape index (κ3) is 2.84. The van der Waals surface area contributed by atoms with Crippen LogP contribution in [0.25, 0.3) is 10.9 Å². The lowest BCUT2D eigenvalue weighted by molar-refractivity contribution is 0.0949. The number of H-pyrrole nitrogens is 1. The van der Waals surface area contributed by atoms with Crippen molar-refractivity contribution in [2.45, 2.75) is 0 Å². The number of carbonyl (C=O) groups is 1. The molecule has 5 nitrogen and oxygen atoms in total. The van der Waals surface area contributed by atoms with E-state index >= 15 is 0 Å². The predicted octanol–water partition coefficient (Wildman–Crippen LogP) is 0.803. The molecule has 1 aliphatic heterocycles. The quantitative estimate of drug-likeness (QED) is 0.771. The van der Waals surface area contributed by atoms with E-state index in [-0.39, 0.29) is 5.91 Å². The van der Waals surface area contributed by atoms with E-state index in [1.54, 1.807) is 0 Å². The first kappa shape index (κ1) is 13.1. The second kappa shape index (κ2) is 6.07. The molecule has 0 saturated carbocycles. The van der Waals surface area contributed by atoms with Gasteiger partial charge in [0.2, 0.25) is 0 Å². The number of hydrogen-bond acceptors (Lipinski definition) is 3. The smallest absolute Gasteiger partial charge is 0.252 e. The number of benzene rings is 1. The van der Waals surface area contributed by atoms with Gasteiger partial charge in [-0.2, -0.15) is 0 Å². The normalized spacial score (nSPS) is 16.4. The number of nitrogens with zero attached hydrogens (tertiary/aromatic N) is 1. The lowest BCUT2D eigenvalue weighted by Crippen LogP contribution is -2.46. The molecule has 3 N–H and O–H groups in total. The van der Waals surface area contributed by atoms with E-state index in [4.69, 9.17) is 0 Å². The van der Waals surface area contributed by atoms with Crippen molar-refractivity contribution in [3.63, 3.8) is 0 Å². The summed E-state index contributed by atoms with van der Waals surface area (Å²) in [5.74, 6) is 0.00494. The van der Waals surface area contributed by atoms with Crippen LogP contribution >= 0.6 is 0 Å². The summed E-state index contributed by atoms with van der Waals surface area (Å²) in [6.45, 7) is 5.80. The van der Waals surface area contributed by atoms with Gasteiger partial charge in [-0.15, -0.1) is 0 Å². The number of carbonyl (C=O) groups excluding carboxylic acids is 1. The summed E-state index contributed by atoms with van der Waals surface area (Å²) in [7, 11) is 0. The fourth-order valence-electron chi connectivity index (χ4n) is 2.64. The van der Waals surface area contributed by atoms with Crippen molar-refractivity contribution < 1.29 is 4.79 Å². The van der Waals surface area contributed by atoms with Crippen LogP contribution in [-0.4, -0.2) is 55.1 Å². The summed E-state index contributed by atoms with van der Waals surface area (Å²) in [6, 6.07) is 7.70. The maximum absolute atomic E-state index is 12.2. The average Bonchev–Trinajstić information content (AvgIpc) is 2.96. The van der Waals surface area contributed by atoms with Gasteiger partial charge in [0, 0.05) is 61.9 Å². The van der Waals surface area contributed by atoms with E-state index in [0.717, 1.165) is 49.2 Å². The molecule has 0 spiro atoms. The number of nitrogens with one attached hydrogen (secondary N) is 3. The Morgan fingerprint density at radius 3 is 2.95 bits per heavy atom. The summed E-state index contributed by atoms with van der Waals surface area (Å²) in [6.07, 6.45) is 1.86. The molecule has 0 atom stereocenters. The van der Waals surface area contributed by atoms with Gasteiger partial charge in [-0.25, -0.2) is 0 Å². The van der Waals surface area contributed by atoms with Gasteiger partial charge in [0.1, 0.15) is 0 Å². The highest BCUT2D eigenvalue weighted by molar-refractivity contribution is 6.06. The number of aromatic nitrogens is 1. The van der Waals surface area contributed by atoms with Crippen LogP contribution in [-0.2, 0) is 0 Å². The van der Waals surface area contributed by atoms with Gasteiger partial charge in [0.15, 0.2) is 0 Å². The fraction of sp³-hybridized carbons (Fsp3) is 0.400. The Kier molecular flexibility index (Phi) is 3.99. The minimum absolute atomic E-state index is 0.00494. The van der Waals surface area contributed by atoms with Crippen molar-refractivity contribution in [3.8, 4) is 0 Å². The summed E-state index contributed by atoms with van der Waals surface area (Å²) >= 11 is 0. The highest BCUT2D eigenvalue weighted by Crippen LogP contribution is 2.16. The Morgan fingerprint density at radius 2 is 2.10 bits per heavy atom. The van der Waals surface area contributed by atoms with E-state index < -0.39 is 0 Å². The molecule has 1 aromatic carbocycles. The van der Waals surface area contributed by atoms with Gasteiger partial charge in [-0.3, -0.25) is 9.69 Å². The number of rotatable bonds is 4. The monoisotopic (exact) mass is 272 g/mol. The number of hydrogen-bond donors (Lipinski definition) is 3. The Labute approximate surface area is 118 Å². The van der Waals surface area contributed by atoms with Crippen LogP contribution in [0.4, 0.5) is 0 Å². The highest BCUT2D eigenvalue weighted by atomic mass is 16.1. The molecule has 1 aromatic heterocycles. The summed E-state index contributed by atoms with van der Waals surface area (Å²) in [4.78, 5) is 17.7. The summed E-state index contributed by atoms with van der Waals surface area (Å²) in [5, 5.41) is 7.32. The molecule has 2 heterocycles. The third-order valence-electron chi connectivity index (χ3n) is 3.76. The maximum atomic E-state index is 12.2. The van der Waals surface area contributed by atoms with E-state index in [2.05, 4.69) is 20.5 Å². The second-order valence-electron chi connectivity index (χ2n) is 5.09. The minimum atomic E-state index is 0.00494. The van der Waals surface area contributed by atoms with Crippen LogP contribution in [0, 0.1) is 0 Å². The molecule has 1 aliphatic rings. The first-order valence-electron chi connectivity index (χ1n) is 7.12. The largest absolute Gasteiger partial charge is 0.361 e. The Morgan fingerprint density at radius 1 is 1.25 bits per heavy atom. The molecule has 1 fully saturated rings. The molecule has 0 bridgehead atoms. The predicted molar refractivity (Wildman–Crippen MR) is 79.9 cm³/mol. The zero-order valence-corrected chi connectivity index (χ0v) is 11.5. The number of aromatic amines is 1. The molecule has 0 aliphatic carbocycles. The van der Waals surface area contributed by atoms with E-state index in [1.807, 2.05) is 30.5 Å². The maximum Gasteiger partial charge on any atom is 0.252 e. The van der Waals surface area contributed by atoms with Crippen LogP contribution in [0.3, 0.4) is 0 Å². The number of piperazine rings is 1. The van der Waals surface area contributed by atoms with Gasteiger partial charge in [0.05, 0.1) is 0 Å². The van der Waals surface area contributed by atoms with Crippen LogP contribution in [0.5, 0.6) is 0 Å². The highest BCUT2D eigenvalue weighted by Gasteiger charge is 2.12. The zero-order chi connectivity index (χ0) is 13.8. The van der Waals surface area contributed by atoms with Gasteiger partial charge in [0.25, 0.3) is 5.91 Å². The van der Waals surface area contributed by atoms with E-state index in [0.29, 0.717) is 6.54 Å². The Hall–Kier alpha value is -1.85. The molecular weight excluding hydrogens is 252 g/mol. The van der Waals surface area contributed by atoms with E-state index in [1.165, 1.54) is 0 Å². The third-order valence-corrected chi connectivity index (χ3v) is 3.76. The summed E-state index contributed by atoms with van der Waals surface area (Å²) in [5.41, 5.74) is 1.74. The Balaban J connectivity index is 1.57. The number of fused-ring (bicyclic) bond motifs is 1. The van der Waals surface area contributed by atoms with Crippen molar-refractivity contribution in [1.82, 2.24) is 20.5 Å². The second-order valence-corrected chi connectivity index (χ2v) is 5.09. The lowest BCUT2D eigenvalue weighted by Gasteiger charge is -2.27. The van der Waals surface area contributed by atoms with Crippen LogP contribution < -0.4 is 10.6 Å². The standard InChI is InChI=1S/C15H20N4O/c20-15(18-8-11-19-9-6-16-7-10-19)13-2-1-3-14-12(13)4-5-17-14/h1-5,16-17H,6-11H2,(H,18,20). The van der Waals surface area contributed by atoms with Crippen LogP contribution in [0.1, 0.15) is 10.4 Å². The molecule has 106 valence electrons. The van der Waals surface area contributed by atoms with Crippen LogP contribution in [0.2, 0.25) is 0 Å². The molecule has 3 rings (SSSR count). The van der Waals surface area contributed by atoms with Crippen molar-refractivity contribution >= 4 is 16.8 Å². The van der Waals surface area contributed by atoms with Gasteiger partial charge in [-0.05, 0) is 18.2 Å². The van der Waals surface area contributed by atoms with Crippen molar-refractivity contribution in [1.29, 1.82) is 0 Å². The van der Waals surface area contributed by atoms with Crippen molar-refractivity contribution in [3.05, 3.63) is 36.0 Å². The van der Waals surface area contributed by atoms with Crippen LogP contribution in [0.15, 0.2) is 30.5 Å².